The predicted molar refractivity (Wildman–Crippen MR) is 101 cm³/mol. The zero-order valence-electron chi connectivity index (χ0n) is 15.9. The van der Waals surface area contributed by atoms with Gasteiger partial charge in [0.25, 0.3) is 0 Å². The fourth-order valence-corrected chi connectivity index (χ4v) is 2.87. The van der Waals surface area contributed by atoms with Crippen LogP contribution in [0.25, 0.3) is 0 Å². The Morgan fingerprint density at radius 3 is 2.52 bits per heavy atom. The molecule has 0 spiro atoms. The first-order chi connectivity index (χ1) is 12.9. The smallest absolute Gasteiger partial charge is 0.343 e. The molecule has 0 amide bonds. The Kier molecular flexibility index (Phi) is 7.24. The fraction of sp³-hybridized carbons (Fsp3) is 0.421. The fourth-order valence-electron chi connectivity index (χ4n) is 2.54. The highest BCUT2D eigenvalue weighted by Gasteiger charge is 2.22. The highest BCUT2D eigenvalue weighted by molar-refractivity contribution is 6.32. The molecular weight excluding hydrogens is 372 g/mol. The Balaban J connectivity index is 2.07. The molecule has 146 valence electrons. The Morgan fingerprint density at radius 1 is 1.19 bits per heavy atom. The number of aromatic nitrogens is 2. The molecule has 0 aliphatic rings. The Labute approximate surface area is 163 Å². The van der Waals surface area contributed by atoms with Gasteiger partial charge >= 0.3 is 5.97 Å². The van der Waals surface area contributed by atoms with Crippen LogP contribution in [-0.2, 0) is 11.3 Å². The van der Waals surface area contributed by atoms with Gasteiger partial charge in [0, 0.05) is 12.1 Å². The van der Waals surface area contributed by atoms with Crippen LogP contribution in [0, 0.1) is 6.92 Å². The predicted octanol–water partition coefficient (Wildman–Crippen LogP) is 3.70. The van der Waals surface area contributed by atoms with E-state index in [0.717, 1.165) is 12.8 Å². The third-order valence-electron chi connectivity index (χ3n) is 4.03. The minimum atomic E-state index is -0.672. The molecule has 1 aromatic carbocycles. The van der Waals surface area contributed by atoms with Crippen molar-refractivity contribution >= 4 is 23.4 Å². The zero-order chi connectivity index (χ0) is 20.0. The quantitative estimate of drug-likeness (QED) is 0.476. The molecule has 0 saturated heterocycles. The molecule has 2 aromatic rings. The summed E-state index contributed by atoms with van der Waals surface area (Å²) in [5, 5.41) is 4.49. The lowest BCUT2D eigenvalue weighted by molar-refractivity contribution is 0.0474. The van der Waals surface area contributed by atoms with Crippen molar-refractivity contribution in [2.24, 2.45) is 0 Å². The van der Waals surface area contributed by atoms with Gasteiger partial charge < -0.3 is 14.2 Å². The van der Waals surface area contributed by atoms with E-state index in [-0.39, 0.29) is 16.5 Å². The van der Waals surface area contributed by atoms with Crippen molar-refractivity contribution in [2.45, 2.75) is 33.2 Å². The molecule has 0 aliphatic heterocycles. The zero-order valence-corrected chi connectivity index (χ0v) is 16.6. The summed E-state index contributed by atoms with van der Waals surface area (Å²) in [6.07, 6.45) is 1.88. The Bertz CT molecular complexity index is 832. The number of benzene rings is 1. The molecule has 0 unspecified atom stereocenters. The van der Waals surface area contributed by atoms with Crippen LogP contribution in [0.1, 0.15) is 46.2 Å². The Morgan fingerprint density at radius 2 is 1.89 bits per heavy atom. The maximum Gasteiger partial charge on any atom is 0.343 e. The molecule has 0 saturated carbocycles. The number of hydrogen-bond acceptors (Lipinski definition) is 6. The third kappa shape index (κ3) is 4.80. The van der Waals surface area contributed by atoms with E-state index in [0.29, 0.717) is 29.3 Å². The van der Waals surface area contributed by atoms with Crippen LogP contribution in [0.15, 0.2) is 18.2 Å². The monoisotopic (exact) mass is 394 g/mol. The van der Waals surface area contributed by atoms with E-state index >= 15 is 0 Å². The Hall–Kier alpha value is -2.54. The van der Waals surface area contributed by atoms with E-state index < -0.39 is 12.6 Å². The second-order valence-corrected chi connectivity index (χ2v) is 6.26. The minimum Gasteiger partial charge on any atom is -0.493 e. The van der Waals surface area contributed by atoms with Crippen molar-refractivity contribution in [1.82, 2.24) is 9.78 Å². The second kappa shape index (κ2) is 9.41. The van der Waals surface area contributed by atoms with E-state index in [9.17, 15) is 9.59 Å². The molecule has 8 heteroatoms. The number of esters is 1. The van der Waals surface area contributed by atoms with Crippen LogP contribution in [0.3, 0.4) is 0 Å². The normalized spacial score (nSPS) is 10.6. The van der Waals surface area contributed by atoms with Crippen LogP contribution in [-0.4, -0.2) is 42.4 Å². The van der Waals surface area contributed by atoms with Gasteiger partial charge in [0.2, 0.25) is 0 Å². The molecule has 0 N–H and O–H groups in total. The number of carbonyl (C=O) groups excluding carboxylic acids is 2. The standard InChI is InChI=1S/C19H23ClN2O5/c1-5-6-9-22-18(20)17(12(2)21-22)19(24)27-11-14(23)13-7-8-15(25-3)16(10-13)26-4/h7-8,10H,5-6,9,11H2,1-4H3. The number of aryl methyl sites for hydroxylation is 2. The maximum absolute atomic E-state index is 12.4. The van der Waals surface area contributed by atoms with Crippen LogP contribution in [0.4, 0.5) is 0 Å². The SMILES string of the molecule is CCCCn1nc(C)c(C(=O)OCC(=O)c2ccc(OC)c(OC)c2)c1Cl. The van der Waals surface area contributed by atoms with Crippen LogP contribution in [0.5, 0.6) is 11.5 Å². The van der Waals surface area contributed by atoms with Gasteiger partial charge in [0.05, 0.1) is 19.9 Å². The van der Waals surface area contributed by atoms with Gasteiger partial charge in [0.1, 0.15) is 10.7 Å². The first-order valence-electron chi connectivity index (χ1n) is 8.58. The number of hydrogen-bond donors (Lipinski definition) is 0. The summed E-state index contributed by atoms with van der Waals surface area (Å²) < 4.78 is 17.0. The van der Waals surface area contributed by atoms with Crippen molar-refractivity contribution in [2.75, 3.05) is 20.8 Å². The molecule has 1 aromatic heterocycles. The van der Waals surface area contributed by atoms with Gasteiger partial charge in [-0.1, -0.05) is 24.9 Å². The summed E-state index contributed by atoms with van der Waals surface area (Å²) in [6, 6.07) is 4.74. The molecule has 0 aliphatic carbocycles. The van der Waals surface area contributed by atoms with E-state index in [2.05, 4.69) is 12.0 Å². The highest BCUT2D eigenvalue weighted by Crippen LogP contribution is 2.28. The third-order valence-corrected chi connectivity index (χ3v) is 4.42. The molecule has 27 heavy (non-hydrogen) atoms. The summed E-state index contributed by atoms with van der Waals surface area (Å²) in [5.74, 6) is -0.107. The topological polar surface area (TPSA) is 79.7 Å². The van der Waals surface area contributed by atoms with Gasteiger partial charge in [0.15, 0.2) is 23.9 Å². The van der Waals surface area contributed by atoms with Crippen LogP contribution in [0.2, 0.25) is 5.15 Å². The maximum atomic E-state index is 12.4. The molecule has 0 bridgehead atoms. The average molecular weight is 395 g/mol. The lowest BCUT2D eigenvalue weighted by Crippen LogP contribution is -2.15. The van der Waals surface area contributed by atoms with E-state index in [1.54, 1.807) is 23.7 Å². The number of unbranched alkanes of at least 4 members (excludes halogenated alkanes) is 1. The summed E-state index contributed by atoms with van der Waals surface area (Å²) in [5.41, 5.74) is 1.01. The molecule has 1 heterocycles. The first kappa shape index (κ1) is 20.8. The summed E-state index contributed by atoms with van der Waals surface area (Å²) >= 11 is 6.25. The summed E-state index contributed by atoms with van der Waals surface area (Å²) in [7, 11) is 2.99. The van der Waals surface area contributed by atoms with E-state index in [4.69, 9.17) is 25.8 Å². The number of methoxy groups -OCH3 is 2. The molecule has 0 atom stereocenters. The molecular formula is C19H23ClN2O5. The lowest BCUT2D eigenvalue weighted by atomic mass is 10.1. The lowest BCUT2D eigenvalue weighted by Gasteiger charge is -2.09. The van der Waals surface area contributed by atoms with Crippen molar-refractivity contribution in [3.63, 3.8) is 0 Å². The van der Waals surface area contributed by atoms with Gasteiger partial charge in [-0.2, -0.15) is 5.10 Å². The molecule has 0 radical (unpaired) electrons. The summed E-state index contributed by atoms with van der Waals surface area (Å²) in [6.45, 7) is 3.94. The number of rotatable bonds is 9. The van der Waals surface area contributed by atoms with Crippen molar-refractivity contribution in [1.29, 1.82) is 0 Å². The molecule has 0 fully saturated rings. The van der Waals surface area contributed by atoms with E-state index in [1.807, 2.05) is 0 Å². The number of halogens is 1. The molecule has 7 nitrogen and oxygen atoms in total. The highest BCUT2D eigenvalue weighted by atomic mass is 35.5. The number of carbonyl (C=O) groups is 2. The second-order valence-electron chi connectivity index (χ2n) is 5.90. The van der Waals surface area contributed by atoms with Crippen molar-refractivity contribution < 1.29 is 23.8 Å². The average Bonchev–Trinajstić information content (AvgIpc) is 2.96. The van der Waals surface area contributed by atoms with Crippen LogP contribution < -0.4 is 9.47 Å². The number of ketones is 1. The van der Waals surface area contributed by atoms with Gasteiger partial charge in [-0.3, -0.25) is 9.48 Å². The van der Waals surface area contributed by atoms with Gasteiger partial charge in [-0.25, -0.2) is 4.79 Å². The molecule has 2 rings (SSSR count). The van der Waals surface area contributed by atoms with E-state index in [1.165, 1.54) is 20.3 Å². The largest absolute Gasteiger partial charge is 0.493 e. The number of nitrogens with zero attached hydrogens (tertiary/aromatic N) is 2. The van der Waals surface area contributed by atoms with Crippen molar-refractivity contribution in [3.05, 3.63) is 40.2 Å². The van der Waals surface area contributed by atoms with Crippen LogP contribution >= 0.6 is 11.6 Å². The summed E-state index contributed by atoms with van der Waals surface area (Å²) in [4.78, 5) is 24.7. The van der Waals surface area contributed by atoms with Gasteiger partial charge in [-0.05, 0) is 31.5 Å². The number of Topliss-reactive ketones (excluding diaryl/α,β-unsaturated/α-hetero) is 1. The number of ether oxygens (including phenoxy) is 3. The minimum absolute atomic E-state index is 0.188. The van der Waals surface area contributed by atoms with Crippen molar-refractivity contribution in [3.8, 4) is 11.5 Å². The van der Waals surface area contributed by atoms with Gasteiger partial charge in [-0.15, -0.1) is 0 Å². The first-order valence-corrected chi connectivity index (χ1v) is 8.95.